The van der Waals surface area contributed by atoms with E-state index in [1.165, 1.54) is 5.56 Å². The van der Waals surface area contributed by atoms with E-state index in [1.54, 1.807) is 6.07 Å². The van der Waals surface area contributed by atoms with Crippen molar-refractivity contribution in [1.82, 2.24) is 0 Å². The second-order valence-corrected chi connectivity index (χ2v) is 6.23. The molecule has 0 amide bonds. The molecule has 1 N–H and O–H groups in total. The van der Waals surface area contributed by atoms with Crippen molar-refractivity contribution in [2.75, 3.05) is 5.32 Å². The van der Waals surface area contributed by atoms with Crippen LogP contribution in [-0.2, 0) is 6.42 Å². The molecule has 1 atom stereocenters. The smallest absolute Gasteiger partial charge is 0.0612 e. The normalized spacial score (nSPS) is 12.2. The minimum Gasteiger partial charge on any atom is -0.382 e. The highest BCUT2D eigenvalue weighted by Gasteiger charge is 2.05. The third-order valence-electron chi connectivity index (χ3n) is 2.79. The van der Waals surface area contributed by atoms with Crippen LogP contribution in [0.5, 0.6) is 0 Å². The molecule has 0 fully saturated rings. The molecule has 0 spiro atoms. The van der Waals surface area contributed by atoms with E-state index >= 15 is 0 Å². The maximum absolute atomic E-state index is 6.00. The van der Waals surface area contributed by atoms with Crippen LogP contribution < -0.4 is 5.32 Å². The van der Waals surface area contributed by atoms with Crippen LogP contribution in [0.4, 0.5) is 5.69 Å². The lowest BCUT2D eigenvalue weighted by Crippen LogP contribution is -2.17. The Balaban J connectivity index is 1.98. The fourth-order valence-corrected chi connectivity index (χ4v) is 2.46. The summed E-state index contributed by atoms with van der Waals surface area (Å²) in [5, 5.41) is 4.57. The highest BCUT2D eigenvalue weighted by molar-refractivity contribution is 9.10. The Morgan fingerprint density at radius 1 is 1.05 bits per heavy atom. The third kappa shape index (κ3) is 4.41. The molecule has 0 radical (unpaired) electrons. The highest BCUT2D eigenvalue weighted by atomic mass is 79.9. The lowest BCUT2D eigenvalue weighted by atomic mass is 10.1. The quantitative estimate of drug-likeness (QED) is 0.728. The molecule has 2 rings (SSSR count). The largest absolute Gasteiger partial charge is 0.382 e. The van der Waals surface area contributed by atoms with Gasteiger partial charge in [0.15, 0.2) is 0 Å². The first-order valence-electron chi connectivity index (χ1n) is 6.00. The van der Waals surface area contributed by atoms with E-state index in [-0.39, 0.29) is 0 Å². The maximum atomic E-state index is 6.00. The number of rotatable bonds is 4. The van der Waals surface area contributed by atoms with Gasteiger partial charge < -0.3 is 5.32 Å². The van der Waals surface area contributed by atoms with Crippen LogP contribution in [-0.4, -0.2) is 6.04 Å². The first kappa shape index (κ1) is 14.7. The zero-order chi connectivity index (χ0) is 13.8. The van der Waals surface area contributed by atoms with Crippen molar-refractivity contribution < 1.29 is 0 Å². The van der Waals surface area contributed by atoms with Crippen LogP contribution in [0.2, 0.25) is 10.0 Å². The van der Waals surface area contributed by atoms with Crippen LogP contribution in [0.25, 0.3) is 0 Å². The summed E-state index contributed by atoms with van der Waals surface area (Å²) in [5.41, 5.74) is 2.28. The first-order chi connectivity index (χ1) is 9.04. The zero-order valence-corrected chi connectivity index (χ0v) is 13.6. The van der Waals surface area contributed by atoms with Crippen LogP contribution in [0.15, 0.2) is 46.9 Å². The van der Waals surface area contributed by atoms with E-state index in [0.29, 0.717) is 16.1 Å². The molecule has 100 valence electrons. The number of benzene rings is 2. The lowest BCUT2D eigenvalue weighted by molar-refractivity contribution is 0.790. The van der Waals surface area contributed by atoms with Gasteiger partial charge in [-0.05, 0) is 49.2 Å². The molecular weight excluding hydrogens is 345 g/mol. The number of nitrogens with one attached hydrogen (secondary N) is 1. The summed E-state index contributed by atoms with van der Waals surface area (Å²) in [6, 6.07) is 14.3. The van der Waals surface area contributed by atoms with Gasteiger partial charge in [0.05, 0.1) is 10.0 Å². The maximum Gasteiger partial charge on any atom is 0.0612 e. The molecule has 0 aliphatic heterocycles. The molecule has 19 heavy (non-hydrogen) atoms. The predicted octanol–water partition coefficient (Wildman–Crippen LogP) is 5.80. The Labute approximate surface area is 132 Å². The fourth-order valence-electron chi connectivity index (χ4n) is 1.90. The summed E-state index contributed by atoms with van der Waals surface area (Å²) < 4.78 is 1.10. The SMILES string of the molecule is CC(Cc1ccc(Br)cc1)Nc1ccc(Cl)c(Cl)c1. The molecular formula is C15H14BrCl2N. The van der Waals surface area contributed by atoms with E-state index < -0.39 is 0 Å². The number of halogens is 3. The third-order valence-corrected chi connectivity index (χ3v) is 4.06. The van der Waals surface area contributed by atoms with E-state index in [1.807, 2.05) is 12.1 Å². The molecule has 2 aromatic carbocycles. The fraction of sp³-hybridized carbons (Fsp3) is 0.200. The van der Waals surface area contributed by atoms with Crippen molar-refractivity contribution in [3.63, 3.8) is 0 Å². The van der Waals surface area contributed by atoms with E-state index in [0.717, 1.165) is 16.6 Å². The topological polar surface area (TPSA) is 12.0 Å². The molecule has 0 heterocycles. The molecule has 0 aromatic heterocycles. The summed E-state index contributed by atoms with van der Waals surface area (Å²) in [6.07, 6.45) is 0.952. The molecule has 1 unspecified atom stereocenters. The van der Waals surface area contributed by atoms with Gasteiger partial charge in [-0.1, -0.05) is 51.3 Å². The number of hydrogen-bond acceptors (Lipinski definition) is 1. The van der Waals surface area contributed by atoms with Crippen molar-refractivity contribution in [2.24, 2.45) is 0 Å². The van der Waals surface area contributed by atoms with Crippen molar-refractivity contribution in [1.29, 1.82) is 0 Å². The summed E-state index contributed by atoms with van der Waals surface area (Å²) in [6.45, 7) is 2.14. The summed E-state index contributed by atoms with van der Waals surface area (Å²) in [4.78, 5) is 0. The van der Waals surface area contributed by atoms with Crippen molar-refractivity contribution in [3.8, 4) is 0 Å². The number of hydrogen-bond donors (Lipinski definition) is 1. The minimum atomic E-state index is 0.318. The van der Waals surface area contributed by atoms with Gasteiger partial charge >= 0.3 is 0 Å². The Morgan fingerprint density at radius 2 is 1.74 bits per heavy atom. The Kier molecular flexibility index (Phi) is 5.14. The Hall–Kier alpha value is -0.700. The molecule has 0 bridgehead atoms. The Bertz CT molecular complexity index is 555. The molecule has 0 saturated carbocycles. The second-order valence-electron chi connectivity index (χ2n) is 4.50. The van der Waals surface area contributed by atoms with Crippen molar-refractivity contribution in [3.05, 3.63) is 62.5 Å². The van der Waals surface area contributed by atoms with Crippen LogP contribution in [0, 0.1) is 0 Å². The molecule has 4 heteroatoms. The summed E-state index contributed by atoms with van der Waals surface area (Å²) >= 11 is 15.3. The second kappa shape index (κ2) is 6.65. The van der Waals surface area contributed by atoms with Gasteiger partial charge in [-0.15, -0.1) is 0 Å². The van der Waals surface area contributed by atoms with E-state index in [2.05, 4.69) is 52.4 Å². The van der Waals surface area contributed by atoms with Gasteiger partial charge in [0.25, 0.3) is 0 Å². The van der Waals surface area contributed by atoms with Crippen LogP contribution in [0.1, 0.15) is 12.5 Å². The molecule has 0 aliphatic carbocycles. The van der Waals surface area contributed by atoms with Gasteiger partial charge in [0, 0.05) is 16.2 Å². The van der Waals surface area contributed by atoms with E-state index in [4.69, 9.17) is 23.2 Å². The summed E-state index contributed by atoms with van der Waals surface area (Å²) in [7, 11) is 0. The van der Waals surface area contributed by atoms with E-state index in [9.17, 15) is 0 Å². The lowest BCUT2D eigenvalue weighted by Gasteiger charge is -2.16. The average molecular weight is 359 g/mol. The van der Waals surface area contributed by atoms with Crippen molar-refractivity contribution in [2.45, 2.75) is 19.4 Å². The van der Waals surface area contributed by atoms with Gasteiger partial charge in [-0.25, -0.2) is 0 Å². The minimum absolute atomic E-state index is 0.318. The van der Waals surface area contributed by atoms with Crippen LogP contribution in [0.3, 0.4) is 0 Å². The molecule has 1 nitrogen and oxygen atoms in total. The zero-order valence-electron chi connectivity index (χ0n) is 10.5. The highest BCUT2D eigenvalue weighted by Crippen LogP contribution is 2.25. The monoisotopic (exact) mass is 357 g/mol. The molecule has 2 aromatic rings. The number of anilines is 1. The van der Waals surface area contributed by atoms with Crippen LogP contribution >= 0.6 is 39.1 Å². The standard InChI is InChI=1S/C15H14BrCl2N/c1-10(8-11-2-4-12(16)5-3-11)19-13-6-7-14(17)15(18)9-13/h2-7,9-10,19H,8H2,1H3. The average Bonchev–Trinajstić information content (AvgIpc) is 2.37. The predicted molar refractivity (Wildman–Crippen MR) is 87.4 cm³/mol. The molecule has 0 saturated heterocycles. The summed E-state index contributed by atoms with van der Waals surface area (Å²) in [5.74, 6) is 0. The Morgan fingerprint density at radius 3 is 2.37 bits per heavy atom. The molecule has 0 aliphatic rings. The van der Waals surface area contributed by atoms with Gasteiger partial charge in [0.1, 0.15) is 0 Å². The van der Waals surface area contributed by atoms with Gasteiger partial charge in [0.2, 0.25) is 0 Å². The van der Waals surface area contributed by atoms with Gasteiger partial charge in [-0.2, -0.15) is 0 Å². The van der Waals surface area contributed by atoms with Crippen molar-refractivity contribution >= 4 is 44.8 Å². The van der Waals surface area contributed by atoms with Gasteiger partial charge in [-0.3, -0.25) is 0 Å². The first-order valence-corrected chi connectivity index (χ1v) is 7.55.